The Balaban J connectivity index is 1.48. The summed E-state index contributed by atoms with van der Waals surface area (Å²) in [6.45, 7) is 2.02. The molecule has 1 N–H and O–H groups in total. The second-order valence-corrected chi connectivity index (χ2v) is 7.84. The summed E-state index contributed by atoms with van der Waals surface area (Å²) < 4.78 is 1.96. The number of nitrogens with one attached hydrogen (secondary N) is 1. The molecule has 0 amide bonds. The van der Waals surface area contributed by atoms with Gasteiger partial charge in [0.25, 0.3) is 0 Å². The van der Waals surface area contributed by atoms with E-state index in [1.165, 1.54) is 44.9 Å². The van der Waals surface area contributed by atoms with Crippen LogP contribution >= 0.6 is 0 Å². The molecule has 1 aromatic carbocycles. The first-order valence-electron chi connectivity index (χ1n) is 9.24. The Labute approximate surface area is 142 Å². The summed E-state index contributed by atoms with van der Waals surface area (Å²) in [6.07, 6.45) is 9.77. The quantitative estimate of drug-likeness (QED) is 0.743. The molecule has 0 bridgehead atoms. The molecule has 2 fully saturated rings. The van der Waals surface area contributed by atoms with Crippen molar-refractivity contribution in [3.8, 4) is 0 Å². The van der Waals surface area contributed by atoms with Gasteiger partial charge < -0.3 is 5.32 Å². The molecule has 3 aromatic rings. The summed E-state index contributed by atoms with van der Waals surface area (Å²) in [5.41, 5.74) is 3.71. The molecule has 1 spiro atoms. The minimum absolute atomic E-state index is 0.575. The number of rotatable bonds is 2. The zero-order valence-electron chi connectivity index (χ0n) is 14.3. The van der Waals surface area contributed by atoms with E-state index >= 15 is 0 Å². The van der Waals surface area contributed by atoms with Gasteiger partial charge in [0.05, 0.1) is 11.2 Å². The van der Waals surface area contributed by atoms with Crippen LogP contribution in [0.25, 0.3) is 16.6 Å². The molecule has 4 heteroatoms. The first-order valence-corrected chi connectivity index (χ1v) is 9.24. The minimum Gasteiger partial charge on any atom is -0.367 e. The van der Waals surface area contributed by atoms with Crippen LogP contribution in [0.3, 0.4) is 0 Å². The van der Waals surface area contributed by atoms with E-state index in [4.69, 9.17) is 4.98 Å². The van der Waals surface area contributed by atoms with Gasteiger partial charge in [-0.15, -0.1) is 0 Å². The highest BCUT2D eigenvalue weighted by Crippen LogP contribution is 2.52. The van der Waals surface area contributed by atoms with E-state index in [-0.39, 0.29) is 0 Å². The van der Waals surface area contributed by atoms with E-state index in [2.05, 4.69) is 40.7 Å². The second-order valence-electron chi connectivity index (χ2n) is 7.84. The van der Waals surface area contributed by atoms with E-state index in [9.17, 15) is 0 Å². The van der Waals surface area contributed by atoms with Gasteiger partial charge in [0.1, 0.15) is 5.82 Å². The van der Waals surface area contributed by atoms with Gasteiger partial charge in [-0.05, 0) is 50.2 Å². The maximum absolute atomic E-state index is 4.87. The molecule has 0 saturated heterocycles. The van der Waals surface area contributed by atoms with Crippen molar-refractivity contribution in [2.45, 2.75) is 57.9 Å². The van der Waals surface area contributed by atoms with E-state index < -0.39 is 0 Å². The fraction of sp³-hybridized carbons (Fsp3) is 0.500. The zero-order chi connectivity index (χ0) is 16.1. The van der Waals surface area contributed by atoms with Gasteiger partial charge in [-0.1, -0.05) is 31.4 Å². The van der Waals surface area contributed by atoms with Crippen LogP contribution in [0.15, 0.2) is 30.3 Å². The van der Waals surface area contributed by atoms with Gasteiger partial charge in [-0.3, -0.25) is 0 Å². The number of benzene rings is 1. The molecule has 24 heavy (non-hydrogen) atoms. The number of nitrogens with zero attached hydrogens (tertiary/aromatic N) is 3. The van der Waals surface area contributed by atoms with E-state index in [1.807, 2.05) is 11.4 Å². The third-order valence-corrected chi connectivity index (χ3v) is 6.04. The first-order chi connectivity index (χ1) is 11.7. The van der Waals surface area contributed by atoms with Gasteiger partial charge in [0, 0.05) is 17.5 Å². The van der Waals surface area contributed by atoms with Crippen molar-refractivity contribution in [2.24, 2.45) is 5.41 Å². The topological polar surface area (TPSA) is 42.2 Å². The highest BCUT2D eigenvalue weighted by atomic mass is 15.3. The molecule has 0 atom stereocenters. The highest BCUT2D eigenvalue weighted by molar-refractivity contribution is 5.91. The van der Waals surface area contributed by atoms with Gasteiger partial charge in [-0.25, -0.2) is 9.50 Å². The van der Waals surface area contributed by atoms with Crippen LogP contribution in [0, 0.1) is 12.3 Å². The summed E-state index contributed by atoms with van der Waals surface area (Å²) in [5, 5.41) is 9.50. The summed E-state index contributed by atoms with van der Waals surface area (Å²) in [6, 6.07) is 11.1. The number of fused-ring (bicyclic) bond motifs is 3. The molecule has 2 heterocycles. The molecule has 124 valence electrons. The fourth-order valence-electron chi connectivity index (χ4n) is 4.88. The van der Waals surface area contributed by atoms with Crippen molar-refractivity contribution >= 4 is 22.4 Å². The number of para-hydroxylation sites is 1. The summed E-state index contributed by atoms with van der Waals surface area (Å²) >= 11 is 0. The third kappa shape index (κ3) is 2.20. The number of aryl methyl sites for hydroxylation is 1. The molecule has 2 aromatic heterocycles. The Morgan fingerprint density at radius 3 is 2.75 bits per heavy atom. The lowest BCUT2D eigenvalue weighted by molar-refractivity contribution is 0.0634. The maximum atomic E-state index is 4.87. The van der Waals surface area contributed by atoms with Gasteiger partial charge in [0.15, 0.2) is 5.65 Å². The lowest BCUT2D eigenvalue weighted by Crippen LogP contribution is -2.46. The van der Waals surface area contributed by atoms with Crippen molar-refractivity contribution in [1.29, 1.82) is 0 Å². The Morgan fingerprint density at radius 1 is 1.12 bits per heavy atom. The van der Waals surface area contributed by atoms with Gasteiger partial charge in [-0.2, -0.15) is 5.10 Å². The number of anilines is 1. The summed E-state index contributed by atoms with van der Waals surface area (Å²) in [7, 11) is 0. The monoisotopic (exact) mass is 320 g/mol. The fourth-order valence-corrected chi connectivity index (χ4v) is 4.88. The van der Waals surface area contributed by atoms with Crippen molar-refractivity contribution in [3.63, 3.8) is 0 Å². The number of hydrogen-bond acceptors (Lipinski definition) is 3. The van der Waals surface area contributed by atoms with Crippen LogP contribution in [0.5, 0.6) is 0 Å². The number of hydrogen-bond donors (Lipinski definition) is 1. The Hall–Kier alpha value is -2.10. The van der Waals surface area contributed by atoms with Crippen LogP contribution in [-0.2, 0) is 0 Å². The normalized spacial score (nSPS) is 20.5. The average molecular weight is 320 g/mol. The SMILES string of the molecule is Cc1cc2nc(NC3CC4(CCCCC4)C3)c3ccccc3n2n1. The van der Waals surface area contributed by atoms with Crippen molar-refractivity contribution in [2.75, 3.05) is 5.32 Å². The van der Waals surface area contributed by atoms with E-state index in [0.29, 0.717) is 11.5 Å². The molecule has 2 aliphatic rings. The molecule has 0 unspecified atom stereocenters. The largest absolute Gasteiger partial charge is 0.367 e. The van der Waals surface area contributed by atoms with Crippen molar-refractivity contribution in [3.05, 3.63) is 36.0 Å². The molecule has 5 rings (SSSR count). The minimum atomic E-state index is 0.575. The van der Waals surface area contributed by atoms with Crippen LogP contribution in [0.1, 0.15) is 50.6 Å². The average Bonchev–Trinajstić information content (AvgIpc) is 2.95. The molecular formula is C20H24N4. The van der Waals surface area contributed by atoms with Crippen molar-refractivity contribution in [1.82, 2.24) is 14.6 Å². The second kappa shape index (κ2) is 5.20. The predicted octanol–water partition coefficient (Wildman–Crippen LogP) is 4.72. The number of aromatic nitrogens is 3. The molecule has 0 aliphatic heterocycles. The van der Waals surface area contributed by atoms with Crippen LogP contribution in [0.4, 0.5) is 5.82 Å². The standard InChI is InChI=1S/C20H24N4/c1-14-11-18-22-19(16-7-3-4-8-17(16)24(18)23-14)21-15-12-20(13-15)9-5-2-6-10-20/h3-4,7-8,11,15H,2,5-6,9-10,12-13H2,1H3,(H,21,22). The first kappa shape index (κ1) is 14.3. The van der Waals surface area contributed by atoms with E-state index in [1.54, 1.807) is 0 Å². The zero-order valence-corrected chi connectivity index (χ0v) is 14.3. The van der Waals surface area contributed by atoms with Gasteiger partial charge >= 0.3 is 0 Å². The predicted molar refractivity (Wildman–Crippen MR) is 97.4 cm³/mol. The Morgan fingerprint density at radius 2 is 1.92 bits per heavy atom. The lowest BCUT2D eigenvalue weighted by Gasteiger charge is -2.50. The maximum Gasteiger partial charge on any atom is 0.158 e. The summed E-state index contributed by atoms with van der Waals surface area (Å²) in [4.78, 5) is 4.87. The smallest absolute Gasteiger partial charge is 0.158 e. The van der Waals surface area contributed by atoms with E-state index in [0.717, 1.165) is 28.1 Å². The summed E-state index contributed by atoms with van der Waals surface area (Å²) in [5.74, 6) is 1.02. The lowest BCUT2D eigenvalue weighted by atomic mass is 9.58. The van der Waals surface area contributed by atoms with Crippen molar-refractivity contribution < 1.29 is 0 Å². The molecule has 0 radical (unpaired) electrons. The van der Waals surface area contributed by atoms with Crippen LogP contribution in [-0.4, -0.2) is 20.6 Å². The van der Waals surface area contributed by atoms with Crippen LogP contribution < -0.4 is 5.32 Å². The Kier molecular flexibility index (Phi) is 3.09. The third-order valence-electron chi connectivity index (χ3n) is 6.04. The molecule has 2 aliphatic carbocycles. The van der Waals surface area contributed by atoms with Crippen LogP contribution in [0.2, 0.25) is 0 Å². The highest BCUT2D eigenvalue weighted by Gasteiger charge is 2.44. The molecular weight excluding hydrogens is 296 g/mol. The molecule has 2 saturated carbocycles. The molecule has 4 nitrogen and oxygen atoms in total. The Bertz CT molecular complexity index is 897. The van der Waals surface area contributed by atoms with Gasteiger partial charge in [0.2, 0.25) is 0 Å².